The van der Waals surface area contributed by atoms with Crippen molar-refractivity contribution in [3.05, 3.63) is 64.8 Å². The third-order valence-corrected chi connectivity index (χ3v) is 5.57. The highest BCUT2D eigenvalue weighted by Gasteiger charge is 2.14. The SMILES string of the molecule is COc1ccc(NC(=O)Cc2csc3nc(-c4ccc(Cl)cc4)cn23)cc1OC.Cl. The number of aromatic nitrogens is 2. The lowest BCUT2D eigenvalue weighted by atomic mass is 10.2. The molecule has 9 heteroatoms. The van der Waals surface area contributed by atoms with Crippen molar-refractivity contribution < 1.29 is 14.3 Å². The van der Waals surface area contributed by atoms with Gasteiger partial charge in [0, 0.05) is 39.6 Å². The third-order valence-electron chi connectivity index (χ3n) is 4.43. The summed E-state index contributed by atoms with van der Waals surface area (Å²) in [6, 6.07) is 12.8. The number of fused-ring (bicyclic) bond motifs is 1. The molecule has 2 aromatic carbocycles. The number of halogens is 2. The molecule has 1 N–H and O–H groups in total. The molecule has 6 nitrogen and oxygen atoms in total. The monoisotopic (exact) mass is 463 g/mol. The minimum Gasteiger partial charge on any atom is -0.493 e. The average molecular weight is 464 g/mol. The van der Waals surface area contributed by atoms with Gasteiger partial charge in [-0.05, 0) is 24.3 Å². The third kappa shape index (κ3) is 4.53. The van der Waals surface area contributed by atoms with Gasteiger partial charge in [-0.25, -0.2) is 4.98 Å². The summed E-state index contributed by atoms with van der Waals surface area (Å²) in [5.74, 6) is 1.04. The molecule has 1 amide bonds. The molecule has 4 rings (SSSR count). The highest BCUT2D eigenvalue weighted by Crippen LogP contribution is 2.30. The summed E-state index contributed by atoms with van der Waals surface area (Å²) in [6.45, 7) is 0. The van der Waals surface area contributed by atoms with E-state index in [1.54, 1.807) is 32.4 Å². The van der Waals surface area contributed by atoms with E-state index >= 15 is 0 Å². The predicted molar refractivity (Wildman–Crippen MR) is 123 cm³/mol. The van der Waals surface area contributed by atoms with Gasteiger partial charge >= 0.3 is 0 Å². The molecule has 0 aliphatic carbocycles. The molecule has 0 aliphatic heterocycles. The van der Waals surface area contributed by atoms with Crippen LogP contribution in [0.1, 0.15) is 5.69 Å². The Kier molecular flexibility index (Phi) is 6.87. The first kappa shape index (κ1) is 22.0. The number of hydrogen-bond donors (Lipinski definition) is 1. The number of carbonyl (C=O) groups is 1. The number of nitrogens with one attached hydrogen (secondary N) is 1. The number of imidazole rings is 1. The van der Waals surface area contributed by atoms with E-state index in [1.807, 2.05) is 40.2 Å². The lowest BCUT2D eigenvalue weighted by Crippen LogP contribution is -2.15. The molecule has 0 saturated heterocycles. The molecule has 0 bridgehead atoms. The normalized spacial score (nSPS) is 10.5. The zero-order valence-corrected chi connectivity index (χ0v) is 18.6. The standard InChI is InChI=1S/C21H18ClN3O3S.ClH/c1-27-18-8-7-15(9-19(18)28-2)23-20(26)10-16-12-29-21-24-17(11-25(16)21)13-3-5-14(22)6-4-13;/h3-9,11-12H,10H2,1-2H3,(H,23,26);1H. The van der Waals surface area contributed by atoms with Crippen LogP contribution in [0.3, 0.4) is 0 Å². The maximum Gasteiger partial charge on any atom is 0.230 e. The first-order valence-electron chi connectivity index (χ1n) is 8.80. The van der Waals surface area contributed by atoms with E-state index in [0.29, 0.717) is 22.2 Å². The number of nitrogens with zero attached hydrogens (tertiary/aromatic N) is 2. The van der Waals surface area contributed by atoms with Crippen molar-refractivity contribution in [2.24, 2.45) is 0 Å². The maximum atomic E-state index is 12.6. The van der Waals surface area contributed by atoms with E-state index in [4.69, 9.17) is 21.1 Å². The quantitative estimate of drug-likeness (QED) is 0.419. The van der Waals surface area contributed by atoms with E-state index < -0.39 is 0 Å². The zero-order chi connectivity index (χ0) is 20.4. The smallest absolute Gasteiger partial charge is 0.230 e. The Balaban J connectivity index is 0.00000256. The first-order chi connectivity index (χ1) is 14.1. The van der Waals surface area contributed by atoms with E-state index in [9.17, 15) is 4.79 Å². The van der Waals surface area contributed by atoms with Gasteiger partial charge in [0.2, 0.25) is 5.91 Å². The largest absolute Gasteiger partial charge is 0.493 e. The molecule has 4 aromatic rings. The number of anilines is 1. The number of ether oxygens (including phenoxy) is 2. The van der Waals surface area contributed by atoms with Crippen LogP contribution in [0.2, 0.25) is 5.02 Å². The van der Waals surface area contributed by atoms with Gasteiger partial charge in [-0.1, -0.05) is 23.7 Å². The van der Waals surface area contributed by atoms with Gasteiger partial charge in [-0.15, -0.1) is 23.7 Å². The Labute approximate surface area is 188 Å². The summed E-state index contributed by atoms with van der Waals surface area (Å²) in [5.41, 5.74) is 3.34. The topological polar surface area (TPSA) is 64.9 Å². The summed E-state index contributed by atoms with van der Waals surface area (Å²) in [5, 5.41) is 5.53. The van der Waals surface area contributed by atoms with Crippen molar-refractivity contribution in [3.8, 4) is 22.8 Å². The highest BCUT2D eigenvalue weighted by molar-refractivity contribution is 7.15. The molecule has 0 atom stereocenters. The van der Waals surface area contributed by atoms with Crippen LogP contribution in [0.4, 0.5) is 5.69 Å². The molecular formula is C21H19Cl2N3O3S. The minimum absolute atomic E-state index is 0. The van der Waals surface area contributed by atoms with Crippen LogP contribution in [0.25, 0.3) is 16.2 Å². The molecule has 0 aliphatic rings. The lowest BCUT2D eigenvalue weighted by molar-refractivity contribution is -0.115. The van der Waals surface area contributed by atoms with E-state index in [2.05, 4.69) is 10.3 Å². The van der Waals surface area contributed by atoms with Gasteiger partial charge in [0.15, 0.2) is 16.5 Å². The van der Waals surface area contributed by atoms with Crippen LogP contribution < -0.4 is 14.8 Å². The van der Waals surface area contributed by atoms with Gasteiger partial charge < -0.3 is 14.8 Å². The van der Waals surface area contributed by atoms with Gasteiger partial charge in [-0.3, -0.25) is 9.20 Å². The molecule has 0 spiro atoms. The molecule has 2 aromatic heterocycles. The summed E-state index contributed by atoms with van der Waals surface area (Å²) >= 11 is 7.46. The van der Waals surface area contributed by atoms with Crippen LogP contribution in [-0.4, -0.2) is 29.5 Å². The summed E-state index contributed by atoms with van der Waals surface area (Å²) in [7, 11) is 3.13. The van der Waals surface area contributed by atoms with Crippen LogP contribution in [0.15, 0.2) is 54.0 Å². The molecule has 0 fully saturated rings. The number of thiazole rings is 1. The number of carbonyl (C=O) groups excluding carboxylic acids is 1. The Hall–Kier alpha value is -2.74. The Morgan fingerprint density at radius 2 is 1.87 bits per heavy atom. The van der Waals surface area contributed by atoms with Gasteiger partial charge in [-0.2, -0.15) is 0 Å². The second-order valence-corrected chi connectivity index (χ2v) is 7.58. The molecule has 156 valence electrons. The Morgan fingerprint density at radius 1 is 1.13 bits per heavy atom. The van der Waals surface area contributed by atoms with Crippen LogP contribution in [0, 0.1) is 0 Å². The maximum absolute atomic E-state index is 12.6. The number of amides is 1. The zero-order valence-electron chi connectivity index (χ0n) is 16.2. The van der Waals surface area contributed by atoms with Crippen molar-refractivity contribution in [2.45, 2.75) is 6.42 Å². The summed E-state index contributed by atoms with van der Waals surface area (Å²) in [4.78, 5) is 18.0. The Bertz CT molecular complexity index is 1170. The van der Waals surface area contributed by atoms with Crippen molar-refractivity contribution in [3.63, 3.8) is 0 Å². The summed E-state index contributed by atoms with van der Waals surface area (Å²) < 4.78 is 12.4. The number of hydrogen-bond acceptors (Lipinski definition) is 5. The fraction of sp³-hybridized carbons (Fsp3) is 0.143. The van der Waals surface area contributed by atoms with E-state index in [1.165, 1.54) is 11.3 Å². The summed E-state index contributed by atoms with van der Waals surface area (Å²) in [6.07, 6.45) is 2.17. The molecule has 0 radical (unpaired) electrons. The Morgan fingerprint density at radius 3 is 2.57 bits per heavy atom. The molecule has 0 saturated carbocycles. The first-order valence-corrected chi connectivity index (χ1v) is 10.1. The van der Waals surface area contributed by atoms with E-state index in [0.717, 1.165) is 21.9 Å². The molecular weight excluding hydrogens is 445 g/mol. The average Bonchev–Trinajstić information content (AvgIpc) is 3.30. The fourth-order valence-electron chi connectivity index (χ4n) is 3.00. The lowest BCUT2D eigenvalue weighted by Gasteiger charge is -2.10. The fourth-order valence-corrected chi connectivity index (χ4v) is 4.00. The van der Waals surface area contributed by atoms with Crippen molar-refractivity contribution >= 4 is 51.9 Å². The molecule has 0 unspecified atom stereocenters. The second kappa shape index (κ2) is 9.38. The van der Waals surface area contributed by atoms with Crippen LogP contribution in [-0.2, 0) is 11.2 Å². The molecule has 2 heterocycles. The minimum atomic E-state index is -0.126. The number of methoxy groups -OCH3 is 2. The van der Waals surface area contributed by atoms with Crippen molar-refractivity contribution in [1.29, 1.82) is 0 Å². The van der Waals surface area contributed by atoms with Gasteiger partial charge in [0.1, 0.15) is 0 Å². The number of benzene rings is 2. The predicted octanol–water partition coefficient (Wildman–Crippen LogP) is 5.34. The van der Waals surface area contributed by atoms with Crippen LogP contribution >= 0.6 is 35.3 Å². The van der Waals surface area contributed by atoms with Gasteiger partial charge in [0.05, 0.1) is 26.3 Å². The van der Waals surface area contributed by atoms with Crippen molar-refractivity contribution in [1.82, 2.24) is 9.38 Å². The van der Waals surface area contributed by atoms with Crippen molar-refractivity contribution in [2.75, 3.05) is 19.5 Å². The van der Waals surface area contributed by atoms with Crippen LogP contribution in [0.5, 0.6) is 11.5 Å². The number of rotatable bonds is 6. The highest BCUT2D eigenvalue weighted by atomic mass is 35.5. The van der Waals surface area contributed by atoms with E-state index in [-0.39, 0.29) is 24.7 Å². The van der Waals surface area contributed by atoms with Gasteiger partial charge in [0.25, 0.3) is 0 Å². The second-order valence-electron chi connectivity index (χ2n) is 6.31. The molecule has 30 heavy (non-hydrogen) atoms.